The van der Waals surface area contributed by atoms with E-state index >= 15 is 0 Å². The zero-order valence-corrected chi connectivity index (χ0v) is 13.8. The van der Waals surface area contributed by atoms with E-state index in [4.69, 9.17) is 0 Å². The van der Waals surface area contributed by atoms with Crippen LogP contribution in [0.4, 0.5) is 0 Å². The maximum Gasteiger partial charge on any atom is 0.241 e. The minimum absolute atomic E-state index is 0.211. The summed E-state index contributed by atoms with van der Waals surface area (Å²) < 4.78 is 27.7. The van der Waals surface area contributed by atoms with Crippen molar-refractivity contribution in [3.8, 4) is 0 Å². The van der Waals surface area contributed by atoms with Crippen LogP contribution in [0.25, 0.3) is 11.0 Å². The summed E-state index contributed by atoms with van der Waals surface area (Å²) in [7, 11) is -3.55. The Morgan fingerprint density at radius 1 is 0.957 bits per heavy atom. The van der Waals surface area contributed by atoms with Crippen molar-refractivity contribution in [3.63, 3.8) is 0 Å². The molecule has 0 aliphatic rings. The molecular weight excluding hydrogens is 310 g/mol. The average Bonchev–Trinajstić information content (AvgIpc) is 2.55. The van der Waals surface area contributed by atoms with Crippen LogP contribution in [0.3, 0.4) is 0 Å². The number of hydrogen-bond acceptors (Lipinski definition) is 4. The summed E-state index contributed by atoms with van der Waals surface area (Å²) >= 11 is 0. The standard InChI is InChI=1S/C17H17N3O2S/c1-12-3-4-13(2)17(9-12)23(21,22)20-11-14-5-6-15-16(10-14)19-8-7-18-15/h3-10,20H,11H2,1-2H3. The molecule has 0 bridgehead atoms. The molecule has 0 aliphatic heterocycles. The first kappa shape index (κ1) is 15.6. The van der Waals surface area contributed by atoms with Gasteiger partial charge < -0.3 is 0 Å². The number of sulfonamides is 1. The Bertz CT molecular complexity index is 968. The zero-order chi connectivity index (χ0) is 16.4. The van der Waals surface area contributed by atoms with Crippen molar-refractivity contribution < 1.29 is 8.42 Å². The number of benzene rings is 2. The maximum absolute atomic E-state index is 12.5. The largest absolute Gasteiger partial charge is 0.253 e. The van der Waals surface area contributed by atoms with Crippen molar-refractivity contribution in [3.05, 3.63) is 65.5 Å². The molecule has 3 rings (SSSR count). The third kappa shape index (κ3) is 3.38. The van der Waals surface area contributed by atoms with Crippen LogP contribution in [0, 0.1) is 13.8 Å². The molecule has 1 aromatic heterocycles. The van der Waals surface area contributed by atoms with E-state index in [1.54, 1.807) is 25.4 Å². The number of rotatable bonds is 4. The normalized spacial score (nSPS) is 11.7. The minimum atomic E-state index is -3.55. The molecule has 3 aromatic rings. The van der Waals surface area contributed by atoms with E-state index in [0.717, 1.165) is 27.7 Å². The van der Waals surface area contributed by atoms with Crippen molar-refractivity contribution in [1.29, 1.82) is 0 Å². The van der Waals surface area contributed by atoms with Crippen molar-refractivity contribution in [2.24, 2.45) is 0 Å². The van der Waals surface area contributed by atoms with E-state index in [1.165, 1.54) is 0 Å². The second-order valence-electron chi connectivity index (χ2n) is 5.47. The Balaban J connectivity index is 1.84. The number of hydrogen-bond donors (Lipinski definition) is 1. The van der Waals surface area contributed by atoms with Gasteiger partial charge in [-0.05, 0) is 48.7 Å². The van der Waals surface area contributed by atoms with E-state index in [0.29, 0.717) is 4.90 Å². The van der Waals surface area contributed by atoms with Crippen molar-refractivity contribution in [2.75, 3.05) is 0 Å². The zero-order valence-electron chi connectivity index (χ0n) is 12.9. The van der Waals surface area contributed by atoms with Gasteiger partial charge in [-0.3, -0.25) is 9.97 Å². The fraction of sp³-hybridized carbons (Fsp3) is 0.176. The molecule has 0 radical (unpaired) electrons. The monoisotopic (exact) mass is 327 g/mol. The molecule has 0 amide bonds. The molecular formula is C17H17N3O2S. The quantitative estimate of drug-likeness (QED) is 0.800. The van der Waals surface area contributed by atoms with Gasteiger partial charge in [0, 0.05) is 18.9 Å². The van der Waals surface area contributed by atoms with E-state index in [2.05, 4.69) is 14.7 Å². The Labute approximate surface area is 135 Å². The van der Waals surface area contributed by atoms with Gasteiger partial charge in [-0.15, -0.1) is 0 Å². The van der Waals surface area contributed by atoms with E-state index in [9.17, 15) is 8.42 Å². The first-order chi connectivity index (χ1) is 11.0. The molecule has 0 unspecified atom stereocenters. The van der Waals surface area contributed by atoms with Gasteiger partial charge >= 0.3 is 0 Å². The predicted molar refractivity (Wildman–Crippen MR) is 89.5 cm³/mol. The van der Waals surface area contributed by atoms with Gasteiger partial charge in [-0.2, -0.15) is 0 Å². The number of nitrogens with one attached hydrogen (secondary N) is 1. The number of aryl methyl sites for hydroxylation is 2. The third-order valence-electron chi connectivity index (χ3n) is 3.63. The Hall–Kier alpha value is -2.31. The first-order valence-corrected chi connectivity index (χ1v) is 8.70. The minimum Gasteiger partial charge on any atom is -0.253 e. The van der Waals surface area contributed by atoms with Crippen LogP contribution in [-0.4, -0.2) is 18.4 Å². The number of nitrogens with zero attached hydrogens (tertiary/aromatic N) is 2. The molecule has 118 valence electrons. The molecule has 6 heteroatoms. The third-order valence-corrected chi connectivity index (χ3v) is 5.18. The summed E-state index contributed by atoms with van der Waals surface area (Å²) in [6.45, 7) is 3.88. The van der Waals surface area contributed by atoms with Crippen LogP contribution in [0.1, 0.15) is 16.7 Å². The van der Waals surface area contributed by atoms with Crippen LogP contribution in [0.2, 0.25) is 0 Å². The molecule has 23 heavy (non-hydrogen) atoms. The molecule has 0 spiro atoms. The van der Waals surface area contributed by atoms with Crippen LogP contribution >= 0.6 is 0 Å². The van der Waals surface area contributed by atoms with E-state index in [-0.39, 0.29) is 6.54 Å². The van der Waals surface area contributed by atoms with Crippen molar-refractivity contribution in [2.45, 2.75) is 25.3 Å². The smallest absolute Gasteiger partial charge is 0.241 e. The van der Waals surface area contributed by atoms with Crippen molar-refractivity contribution in [1.82, 2.24) is 14.7 Å². The van der Waals surface area contributed by atoms with Gasteiger partial charge in [-0.1, -0.05) is 18.2 Å². The van der Waals surface area contributed by atoms with Gasteiger partial charge in [0.1, 0.15) is 0 Å². The predicted octanol–water partition coefficient (Wildman–Crippen LogP) is 2.73. The molecule has 0 saturated carbocycles. The van der Waals surface area contributed by atoms with Gasteiger partial charge in [0.15, 0.2) is 0 Å². The SMILES string of the molecule is Cc1ccc(C)c(S(=O)(=O)NCc2ccc3nccnc3c2)c1. The fourth-order valence-corrected chi connectivity index (χ4v) is 3.72. The van der Waals surface area contributed by atoms with Gasteiger partial charge in [0.25, 0.3) is 0 Å². The summed E-state index contributed by atoms with van der Waals surface area (Å²) in [5, 5.41) is 0. The molecule has 5 nitrogen and oxygen atoms in total. The van der Waals surface area contributed by atoms with Gasteiger partial charge in [0.2, 0.25) is 10.0 Å². The number of fused-ring (bicyclic) bond motifs is 1. The van der Waals surface area contributed by atoms with E-state index in [1.807, 2.05) is 37.3 Å². The average molecular weight is 327 g/mol. The highest BCUT2D eigenvalue weighted by Gasteiger charge is 2.16. The maximum atomic E-state index is 12.5. The summed E-state index contributed by atoms with van der Waals surface area (Å²) in [6.07, 6.45) is 3.25. The van der Waals surface area contributed by atoms with Crippen molar-refractivity contribution >= 4 is 21.1 Å². The summed E-state index contributed by atoms with van der Waals surface area (Å²) in [6, 6.07) is 10.9. The fourth-order valence-electron chi connectivity index (χ4n) is 2.37. The highest BCUT2D eigenvalue weighted by molar-refractivity contribution is 7.89. The van der Waals surface area contributed by atoms with Gasteiger partial charge in [-0.25, -0.2) is 13.1 Å². The molecule has 0 atom stereocenters. The molecule has 0 saturated heterocycles. The lowest BCUT2D eigenvalue weighted by atomic mass is 10.2. The van der Waals surface area contributed by atoms with Crippen LogP contribution in [0.15, 0.2) is 53.7 Å². The van der Waals surface area contributed by atoms with Crippen LogP contribution in [0.5, 0.6) is 0 Å². The second kappa shape index (κ2) is 6.06. The lowest BCUT2D eigenvalue weighted by Gasteiger charge is -2.10. The summed E-state index contributed by atoms with van der Waals surface area (Å²) in [5.41, 5.74) is 4.01. The highest BCUT2D eigenvalue weighted by atomic mass is 32.2. The van der Waals surface area contributed by atoms with E-state index < -0.39 is 10.0 Å². The highest BCUT2D eigenvalue weighted by Crippen LogP contribution is 2.17. The Morgan fingerprint density at radius 2 is 1.70 bits per heavy atom. The topological polar surface area (TPSA) is 72.0 Å². The Morgan fingerprint density at radius 3 is 2.48 bits per heavy atom. The lowest BCUT2D eigenvalue weighted by molar-refractivity contribution is 0.580. The molecule has 1 N–H and O–H groups in total. The van der Waals surface area contributed by atoms with Crippen LogP contribution < -0.4 is 4.72 Å². The lowest BCUT2D eigenvalue weighted by Crippen LogP contribution is -2.24. The van der Waals surface area contributed by atoms with Crippen LogP contribution in [-0.2, 0) is 16.6 Å². The number of aromatic nitrogens is 2. The molecule has 0 aliphatic carbocycles. The molecule has 2 aromatic carbocycles. The molecule has 0 fully saturated rings. The second-order valence-corrected chi connectivity index (χ2v) is 7.21. The summed E-state index contributed by atoms with van der Waals surface area (Å²) in [5.74, 6) is 0. The molecule has 1 heterocycles. The summed E-state index contributed by atoms with van der Waals surface area (Å²) in [4.78, 5) is 8.75. The van der Waals surface area contributed by atoms with Gasteiger partial charge in [0.05, 0.1) is 15.9 Å². The Kier molecular flexibility index (Phi) is 4.11. The first-order valence-electron chi connectivity index (χ1n) is 7.22.